The molecule has 0 saturated heterocycles. The van der Waals surface area contributed by atoms with Crippen molar-refractivity contribution >= 4 is 34.2 Å². The highest BCUT2D eigenvalue weighted by atomic mass is 32.1. The first kappa shape index (κ1) is 10.2. The first-order valence-electron chi connectivity index (χ1n) is 4.13. The van der Waals surface area contributed by atoms with Crippen molar-refractivity contribution in [2.24, 2.45) is 0 Å². The van der Waals surface area contributed by atoms with Gasteiger partial charge in [0.2, 0.25) is 5.95 Å². The number of carbonyl (C=O) groups is 2. The normalized spacial score (nSPS) is 9.75. The molecule has 2 heterocycles. The number of aromatic amines is 1. The van der Waals surface area contributed by atoms with Gasteiger partial charge in [-0.1, -0.05) is 0 Å². The van der Waals surface area contributed by atoms with Gasteiger partial charge < -0.3 is 0 Å². The highest BCUT2D eigenvalue weighted by Crippen LogP contribution is 2.09. The lowest BCUT2D eigenvalue weighted by atomic mass is 10.5. The first-order valence-corrected chi connectivity index (χ1v) is 5.01. The Morgan fingerprint density at radius 2 is 2.06 bits per heavy atom. The molecule has 2 aromatic heterocycles. The van der Waals surface area contributed by atoms with Crippen LogP contribution < -0.4 is 10.6 Å². The predicted octanol–water partition coefficient (Wildman–Crippen LogP) is -0.162. The molecule has 8 nitrogen and oxygen atoms in total. The largest absolute Gasteiger partial charge is 0.316 e. The summed E-state index contributed by atoms with van der Waals surface area (Å²) < 4.78 is 0. The third-order valence-electron chi connectivity index (χ3n) is 1.51. The number of hydrogen-bond donors (Lipinski definition) is 3. The molecule has 0 aromatic carbocycles. The van der Waals surface area contributed by atoms with E-state index in [1.165, 1.54) is 23.9 Å². The van der Waals surface area contributed by atoms with Gasteiger partial charge in [0.25, 0.3) is 0 Å². The summed E-state index contributed by atoms with van der Waals surface area (Å²) in [7, 11) is 0. The molecular weight excluding hydrogens is 232 g/mol. The summed E-state index contributed by atoms with van der Waals surface area (Å²) >= 11 is 1.22. The van der Waals surface area contributed by atoms with E-state index in [0.29, 0.717) is 5.13 Å². The van der Waals surface area contributed by atoms with Crippen molar-refractivity contribution in [3.63, 3.8) is 0 Å². The number of H-pyrrole nitrogens is 1. The van der Waals surface area contributed by atoms with Crippen LogP contribution in [0.5, 0.6) is 0 Å². The van der Waals surface area contributed by atoms with Crippen LogP contribution in [0.4, 0.5) is 11.1 Å². The lowest BCUT2D eigenvalue weighted by Gasteiger charge is -2.00. The maximum Gasteiger partial charge on any atom is 0.316 e. The second-order valence-electron chi connectivity index (χ2n) is 2.58. The molecule has 0 saturated carbocycles. The van der Waals surface area contributed by atoms with Gasteiger partial charge >= 0.3 is 11.8 Å². The smallest absolute Gasteiger partial charge is 0.294 e. The minimum atomic E-state index is -0.841. The van der Waals surface area contributed by atoms with E-state index in [4.69, 9.17) is 0 Å². The molecule has 0 fully saturated rings. The topological polar surface area (TPSA) is 113 Å². The molecule has 0 radical (unpaired) electrons. The molecule has 2 rings (SSSR count). The van der Waals surface area contributed by atoms with Gasteiger partial charge in [0, 0.05) is 11.6 Å². The third-order valence-corrected chi connectivity index (χ3v) is 2.19. The van der Waals surface area contributed by atoms with E-state index in [1.54, 1.807) is 5.38 Å². The number of amides is 2. The Morgan fingerprint density at radius 3 is 2.69 bits per heavy atom. The van der Waals surface area contributed by atoms with Crippen molar-refractivity contribution in [2.75, 3.05) is 10.6 Å². The zero-order valence-corrected chi connectivity index (χ0v) is 8.61. The zero-order valence-electron chi connectivity index (χ0n) is 7.80. The Hall–Kier alpha value is -2.29. The van der Waals surface area contributed by atoms with Gasteiger partial charge in [-0.2, -0.15) is 10.1 Å². The second kappa shape index (κ2) is 4.49. The summed E-state index contributed by atoms with van der Waals surface area (Å²) in [5.41, 5.74) is 0. The maximum absolute atomic E-state index is 11.3. The Morgan fingerprint density at radius 1 is 1.25 bits per heavy atom. The van der Waals surface area contributed by atoms with Gasteiger partial charge in [-0.05, 0) is 0 Å². The molecule has 16 heavy (non-hydrogen) atoms. The van der Waals surface area contributed by atoms with Gasteiger partial charge in [0.05, 0.1) is 0 Å². The van der Waals surface area contributed by atoms with E-state index >= 15 is 0 Å². The number of nitrogens with one attached hydrogen (secondary N) is 3. The van der Waals surface area contributed by atoms with Crippen molar-refractivity contribution in [1.29, 1.82) is 0 Å². The van der Waals surface area contributed by atoms with Gasteiger partial charge in [-0.3, -0.25) is 20.2 Å². The standard InChI is InChI=1S/C7H6N6O2S/c14-4(11-6-9-3-10-13-6)5(15)12-7-8-1-2-16-7/h1-3H,(H,8,12,15)(H2,9,10,11,13,14). The molecule has 0 atom stereocenters. The molecule has 0 bridgehead atoms. The Kier molecular flexibility index (Phi) is 2.87. The van der Waals surface area contributed by atoms with Gasteiger partial charge in [0.15, 0.2) is 5.13 Å². The van der Waals surface area contributed by atoms with Crippen LogP contribution in [-0.4, -0.2) is 32.0 Å². The third kappa shape index (κ3) is 2.39. The molecule has 82 valence electrons. The quantitative estimate of drug-likeness (QED) is 0.629. The molecule has 0 unspecified atom stereocenters. The average molecular weight is 238 g/mol. The van der Waals surface area contributed by atoms with E-state index < -0.39 is 11.8 Å². The van der Waals surface area contributed by atoms with Crippen LogP contribution in [0.15, 0.2) is 17.9 Å². The number of nitrogens with zero attached hydrogens (tertiary/aromatic N) is 3. The lowest BCUT2D eigenvalue weighted by Crippen LogP contribution is -2.29. The fraction of sp³-hybridized carbons (Fsp3) is 0. The monoisotopic (exact) mass is 238 g/mol. The highest BCUT2D eigenvalue weighted by Gasteiger charge is 2.15. The van der Waals surface area contributed by atoms with Crippen molar-refractivity contribution in [1.82, 2.24) is 20.2 Å². The molecule has 0 aliphatic carbocycles. The average Bonchev–Trinajstić information content (AvgIpc) is 2.90. The molecule has 2 aromatic rings. The number of carbonyl (C=O) groups excluding carboxylic acids is 2. The van der Waals surface area contributed by atoms with Crippen LogP contribution in [0.25, 0.3) is 0 Å². The molecule has 2 amide bonds. The predicted molar refractivity (Wildman–Crippen MR) is 55.8 cm³/mol. The number of aromatic nitrogens is 4. The first-order chi connectivity index (χ1) is 7.75. The van der Waals surface area contributed by atoms with E-state index in [0.717, 1.165) is 0 Å². The summed E-state index contributed by atoms with van der Waals surface area (Å²) in [5, 5.41) is 12.5. The maximum atomic E-state index is 11.3. The summed E-state index contributed by atoms with van der Waals surface area (Å²) in [5.74, 6) is -1.54. The van der Waals surface area contributed by atoms with E-state index in [9.17, 15) is 9.59 Å². The van der Waals surface area contributed by atoms with E-state index in [2.05, 4.69) is 30.8 Å². The van der Waals surface area contributed by atoms with Crippen molar-refractivity contribution in [3.05, 3.63) is 17.9 Å². The van der Waals surface area contributed by atoms with Crippen LogP contribution >= 0.6 is 11.3 Å². The van der Waals surface area contributed by atoms with Crippen molar-refractivity contribution in [2.45, 2.75) is 0 Å². The summed E-state index contributed by atoms with van der Waals surface area (Å²) in [4.78, 5) is 30.1. The molecule has 0 aliphatic rings. The molecule has 9 heteroatoms. The van der Waals surface area contributed by atoms with Gasteiger partial charge in [-0.15, -0.1) is 11.3 Å². The van der Waals surface area contributed by atoms with Gasteiger partial charge in [0.1, 0.15) is 6.33 Å². The molecular formula is C7H6N6O2S. The summed E-state index contributed by atoms with van der Waals surface area (Å²) in [6.07, 6.45) is 2.74. The number of thiazole rings is 1. The summed E-state index contributed by atoms with van der Waals surface area (Å²) in [6, 6.07) is 0. The van der Waals surface area contributed by atoms with Crippen molar-refractivity contribution in [3.8, 4) is 0 Å². The van der Waals surface area contributed by atoms with Crippen LogP contribution in [0.2, 0.25) is 0 Å². The zero-order chi connectivity index (χ0) is 11.4. The number of anilines is 2. The van der Waals surface area contributed by atoms with Crippen molar-refractivity contribution < 1.29 is 9.59 Å². The molecule has 0 spiro atoms. The van der Waals surface area contributed by atoms with Crippen LogP contribution in [0.3, 0.4) is 0 Å². The highest BCUT2D eigenvalue weighted by molar-refractivity contribution is 7.13. The molecule has 3 N–H and O–H groups in total. The second-order valence-corrected chi connectivity index (χ2v) is 3.47. The van der Waals surface area contributed by atoms with Crippen LogP contribution in [0, 0.1) is 0 Å². The minimum Gasteiger partial charge on any atom is -0.294 e. The Balaban J connectivity index is 1.92. The van der Waals surface area contributed by atoms with Crippen LogP contribution in [-0.2, 0) is 9.59 Å². The minimum absolute atomic E-state index is 0.110. The number of hydrogen-bond acceptors (Lipinski definition) is 6. The fourth-order valence-corrected chi connectivity index (χ4v) is 1.39. The number of rotatable bonds is 2. The van der Waals surface area contributed by atoms with E-state index in [-0.39, 0.29) is 5.95 Å². The fourth-order valence-electron chi connectivity index (χ4n) is 0.869. The Bertz CT molecular complexity index is 433. The Labute approximate surface area is 93.1 Å². The lowest BCUT2D eigenvalue weighted by molar-refractivity contribution is -0.133. The van der Waals surface area contributed by atoms with Crippen LogP contribution in [0.1, 0.15) is 0 Å². The molecule has 0 aliphatic heterocycles. The SMILES string of the molecule is O=C(Nc1ncn[nH]1)C(=O)Nc1nccs1. The van der Waals surface area contributed by atoms with E-state index in [1.807, 2.05) is 0 Å². The van der Waals surface area contributed by atoms with Gasteiger partial charge in [-0.25, -0.2) is 10.1 Å². The summed E-state index contributed by atoms with van der Waals surface area (Å²) in [6.45, 7) is 0.